The van der Waals surface area contributed by atoms with E-state index in [0.717, 1.165) is 31.9 Å². The van der Waals surface area contributed by atoms with Crippen LogP contribution in [0.15, 0.2) is 30.5 Å². The van der Waals surface area contributed by atoms with E-state index in [9.17, 15) is 0 Å². The molecule has 1 aromatic carbocycles. The number of hydrogen-bond donors (Lipinski definition) is 1. The van der Waals surface area contributed by atoms with Crippen LogP contribution >= 0.6 is 22.6 Å². The van der Waals surface area contributed by atoms with Gasteiger partial charge < -0.3 is 14.8 Å². The Morgan fingerprint density at radius 1 is 1.20 bits per heavy atom. The maximum atomic E-state index is 6.01. The van der Waals surface area contributed by atoms with Crippen LogP contribution in [0.4, 0.5) is 11.5 Å². The highest BCUT2D eigenvalue weighted by atomic mass is 127. The van der Waals surface area contributed by atoms with Gasteiger partial charge in [0.2, 0.25) is 0 Å². The second kappa shape index (κ2) is 9.81. The topological polar surface area (TPSA) is 61.2 Å². The predicted octanol–water partition coefficient (Wildman–Crippen LogP) is 4.90. The largest absolute Gasteiger partial charge is 0.489 e. The zero-order valence-corrected chi connectivity index (χ0v) is 21.2. The number of halogens is 1. The van der Waals surface area contributed by atoms with Gasteiger partial charge in [0.05, 0.1) is 24.0 Å². The van der Waals surface area contributed by atoms with Crippen LogP contribution < -0.4 is 10.1 Å². The summed E-state index contributed by atoms with van der Waals surface area (Å²) in [7, 11) is 0.564. The molecule has 30 heavy (non-hydrogen) atoms. The zero-order chi connectivity index (χ0) is 21.7. The lowest BCUT2D eigenvalue weighted by atomic mass is 10.2. The van der Waals surface area contributed by atoms with Gasteiger partial charge in [0.1, 0.15) is 38.4 Å². The summed E-state index contributed by atoms with van der Waals surface area (Å²) in [5, 5.41) is 7.64. The molecule has 0 atom stereocenters. The van der Waals surface area contributed by atoms with E-state index in [1.807, 2.05) is 29.9 Å². The summed E-state index contributed by atoms with van der Waals surface area (Å²) in [5.74, 6) is 4.63. The SMILES string of the molecule is Cc1cc(Nc2ccc3c(cnn3C)n2)c(OCCOCC#C[Si](C)(C)C)cc1I. The lowest BCUT2D eigenvalue weighted by Crippen LogP contribution is -2.16. The number of anilines is 2. The molecule has 3 aromatic rings. The minimum Gasteiger partial charge on any atom is -0.489 e. The number of aryl methyl sites for hydroxylation is 2. The van der Waals surface area contributed by atoms with Gasteiger partial charge in [-0.3, -0.25) is 4.68 Å². The minimum atomic E-state index is -1.34. The third-order valence-corrected chi connectivity index (χ3v) is 6.34. The van der Waals surface area contributed by atoms with Crippen LogP contribution in [0.1, 0.15) is 5.56 Å². The minimum absolute atomic E-state index is 0.444. The molecule has 158 valence electrons. The molecule has 0 aliphatic carbocycles. The van der Waals surface area contributed by atoms with Crippen molar-refractivity contribution < 1.29 is 9.47 Å². The van der Waals surface area contributed by atoms with E-state index in [1.165, 1.54) is 5.56 Å². The Kier molecular flexibility index (Phi) is 7.39. The van der Waals surface area contributed by atoms with Gasteiger partial charge >= 0.3 is 0 Å². The molecule has 0 unspecified atom stereocenters. The van der Waals surface area contributed by atoms with Crippen LogP contribution in [0.2, 0.25) is 19.6 Å². The molecule has 0 bridgehead atoms. The van der Waals surface area contributed by atoms with Gasteiger partial charge in [-0.2, -0.15) is 5.10 Å². The fourth-order valence-electron chi connectivity index (χ4n) is 2.76. The van der Waals surface area contributed by atoms with Gasteiger partial charge in [-0.05, 0) is 59.3 Å². The standard InChI is InChI=1S/C22H27IN4O2Si/c1-16-13-18(25-22-8-7-20-19(26-22)15-24-27(20)2)21(14-17(16)23)29-11-10-28-9-6-12-30(3,4)5/h7-8,13-15H,9-11H2,1-5H3,(H,25,26). The van der Waals surface area contributed by atoms with E-state index < -0.39 is 8.07 Å². The molecule has 0 radical (unpaired) electrons. The first-order valence-electron chi connectivity index (χ1n) is 9.79. The number of fused-ring (bicyclic) bond motifs is 1. The third kappa shape index (κ3) is 6.20. The number of aromatic nitrogens is 3. The van der Waals surface area contributed by atoms with E-state index in [0.29, 0.717) is 19.8 Å². The molecule has 2 aromatic heterocycles. The number of ether oxygens (including phenoxy) is 2. The van der Waals surface area contributed by atoms with Gasteiger partial charge in [0, 0.05) is 10.6 Å². The maximum Gasteiger partial charge on any atom is 0.143 e. The van der Waals surface area contributed by atoms with Gasteiger partial charge in [-0.25, -0.2) is 4.98 Å². The molecule has 6 nitrogen and oxygen atoms in total. The molecule has 0 saturated carbocycles. The average molecular weight is 534 g/mol. The van der Waals surface area contributed by atoms with Crippen molar-refractivity contribution in [3.05, 3.63) is 39.6 Å². The Balaban J connectivity index is 1.65. The summed E-state index contributed by atoms with van der Waals surface area (Å²) in [5.41, 5.74) is 7.18. The molecule has 0 fully saturated rings. The van der Waals surface area contributed by atoms with Crippen LogP contribution in [0, 0.1) is 22.0 Å². The Bertz CT molecular complexity index is 1100. The Morgan fingerprint density at radius 3 is 2.77 bits per heavy atom. The molecule has 0 aliphatic rings. The quantitative estimate of drug-likeness (QED) is 0.202. The highest BCUT2D eigenvalue weighted by molar-refractivity contribution is 14.1. The highest BCUT2D eigenvalue weighted by Crippen LogP contribution is 2.32. The molecule has 8 heteroatoms. The molecule has 3 rings (SSSR count). The summed E-state index contributed by atoms with van der Waals surface area (Å²) in [6.45, 7) is 10.1. The first-order chi connectivity index (χ1) is 14.2. The van der Waals surface area contributed by atoms with Crippen molar-refractivity contribution in [2.24, 2.45) is 7.05 Å². The van der Waals surface area contributed by atoms with E-state index in [1.54, 1.807) is 6.20 Å². The smallest absolute Gasteiger partial charge is 0.143 e. The molecule has 1 N–H and O–H groups in total. The normalized spacial score (nSPS) is 11.3. The van der Waals surface area contributed by atoms with Crippen molar-refractivity contribution in [1.29, 1.82) is 0 Å². The molecular weight excluding hydrogens is 507 g/mol. The van der Waals surface area contributed by atoms with Crippen molar-refractivity contribution in [3.63, 3.8) is 0 Å². The van der Waals surface area contributed by atoms with Crippen molar-refractivity contribution in [1.82, 2.24) is 14.8 Å². The average Bonchev–Trinajstić information content (AvgIpc) is 3.04. The zero-order valence-electron chi connectivity index (χ0n) is 18.0. The number of hydrogen-bond acceptors (Lipinski definition) is 5. The van der Waals surface area contributed by atoms with Crippen molar-refractivity contribution in [2.75, 3.05) is 25.1 Å². The summed E-state index contributed by atoms with van der Waals surface area (Å²) >= 11 is 2.32. The van der Waals surface area contributed by atoms with Gasteiger partial charge in [0.25, 0.3) is 0 Å². The van der Waals surface area contributed by atoms with Crippen LogP contribution in [-0.4, -0.2) is 42.7 Å². The first kappa shape index (κ1) is 22.6. The second-order valence-corrected chi connectivity index (χ2v) is 14.0. The van der Waals surface area contributed by atoms with E-state index in [4.69, 9.17) is 9.47 Å². The monoisotopic (exact) mass is 534 g/mol. The fourth-order valence-corrected chi connectivity index (χ4v) is 3.80. The molecular formula is C22H27IN4O2Si. The van der Waals surface area contributed by atoms with Crippen molar-refractivity contribution in [2.45, 2.75) is 26.6 Å². The van der Waals surface area contributed by atoms with Crippen LogP contribution in [0.3, 0.4) is 0 Å². The van der Waals surface area contributed by atoms with Crippen LogP contribution in [0.25, 0.3) is 11.0 Å². The summed E-state index contributed by atoms with van der Waals surface area (Å²) in [4.78, 5) is 4.65. The van der Waals surface area contributed by atoms with Crippen LogP contribution in [-0.2, 0) is 11.8 Å². The number of pyridine rings is 1. The molecule has 0 saturated heterocycles. The van der Waals surface area contributed by atoms with E-state index in [-0.39, 0.29) is 0 Å². The third-order valence-electron chi connectivity index (χ3n) is 4.25. The highest BCUT2D eigenvalue weighted by Gasteiger charge is 2.10. The molecule has 0 spiro atoms. The first-order valence-corrected chi connectivity index (χ1v) is 14.4. The van der Waals surface area contributed by atoms with E-state index in [2.05, 4.69) is 82.1 Å². The number of nitrogens with one attached hydrogen (secondary N) is 1. The van der Waals surface area contributed by atoms with Crippen LogP contribution in [0.5, 0.6) is 5.75 Å². The van der Waals surface area contributed by atoms with Crippen molar-refractivity contribution >= 4 is 53.2 Å². The lowest BCUT2D eigenvalue weighted by Gasteiger charge is -2.15. The fraction of sp³-hybridized carbons (Fsp3) is 0.364. The molecule has 0 aliphatic heterocycles. The van der Waals surface area contributed by atoms with Gasteiger partial charge in [0.15, 0.2) is 0 Å². The Morgan fingerprint density at radius 2 is 2.00 bits per heavy atom. The van der Waals surface area contributed by atoms with E-state index >= 15 is 0 Å². The number of nitrogens with zero attached hydrogens (tertiary/aromatic N) is 3. The number of benzene rings is 1. The molecule has 0 amide bonds. The Hall–Kier alpha value is -2.09. The second-order valence-electron chi connectivity index (χ2n) is 8.04. The summed E-state index contributed by atoms with van der Waals surface area (Å²) < 4.78 is 14.6. The van der Waals surface area contributed by atoms with Crippen molar-refractivity contribution in [3.8, 4) is 17.2 Å². The number of rotatable bonds is 7. The van der Waals surface area contributed by atoms with Gasteiger partial charge in [-0.15, -0.1) is 5.54 Å². The van der Waals surface area contributed by atoms with Gasteiger partial charge in [-0.1, -0.05) is 25.6 Å². The maximum absolute atomic E-state index is 6.01. The summed E-state index contributed by atoms with van der Waals surface area (Å²) in [6, 6.07) is 8.06. The summed E-state index contributed by atoms with van der Waals surface area (Å²) in [6.07, 6.45) is 1.76. The lowest BCUT2D eigenvalue weighted by molar-refractivity contribution is 0.124. The Labute approximate surface area is 192 Å². The predicted molar refractivity (Wildman–Crippen MR) is 133 cm³/mol. The molecule has 2 heterocycles.